The Kier molecular flexibility index (Phi) is 3.78. The van der Waals surface area contributed by atoms with Crippen molar-refractivity contribution in [1.29, 1.82) is 0 Å². The first-order chi connectivity index (χ1) is 10.2. The quantitative estimate of drug-likeness (QED) is 0.740. The zero-order valence-corrected chi connectivity index (χ0v) is 11.5. The van der Waals surface area contributed by atoms with E-state index in [1.165, 1.54) is 36.3 Å². The molecule has 0 aliphatic rings. The van der Waals surface area contributed by atoms with Crippen LogP contribution in [0.3, 0.4) is 0 Å². The number of thioether (sulfide) groups is 1. The van der Waals surface area contributed by atoms with Crippen molar-refractivity contribution in [3.05, 3.63) is 48.3 Å². The second-order valence-electron chi connectivity index (χ2n) is 4.05. The van der Waals surface area contributed by atoms with E-state index in [1.54, 1.807) is 6.07 Å². The summed E-state index contributed by atoms with van der Waals surface area (Å²) in [6.45, 7) is 0. The molecule has 3 rings (SSSR count). The Morgan fingerprint density at radius 3 is 2.90 bits per heavy atom. The highest BCUT2D eigenvalue weighted by atomic mass is 32.2. The van der Waals surface area contributed by atoms with E-state index in [0.717, 1.165) is 4.90 Å². The van der Waals surface area contributed by atoms with Crippen molar-refractivity contribution >= 4 is 17.6 Å². The Morgan fingerprint density at radius 2 is 2.10 bits per heavy atom. The molecule has 0 fully saturated rings. The minimum atomic E-state index is -0.277. The van der Waals surface area contributed by atoms with E-state index >= 15 is 0 Å². The smallest absolute Gasteiger partial charge is 0.280 e. The summed E-state index contributed by atoms with van der Waals surface area (Å²) in [5.74, 6) is 1.10. The number of nitrogens with zero attached hydrogens (tertiary/aromatic N) is 4. The molecule has 0 saturated carbocycles. The van der Waals surface area contributed by atoms with Gasteiger partial charge in [-0.3, -0.25) is 0 Å². The maximum Gasteiger partial charge on any atom is 0.280 e. The molecule has 2 N–H and O–H groups in total. The Balaban J connectivity index is 1.72. The fourth-order valence-electron chi connectivity index (χ4n) is 1.63. The van der Waals surface area contributed by atoms with Crippen molar-refractivity contribution in [3.8, 4) is 11.6 Å². The van der Waals surface area contributed by atoms with Crippen molar-refractivity contribution < 1.29 is 8.91 Å². The topological polar surface area (TPSA) is 90.7 Å². The monoisotopic (exact) mass is 303 g/mol. The lowest BCUT2D eigenvalue weighted by atomic mass is 10.4. The van der Waals surface area contributed by atoms with Crippen LogP contribution >= 0.6 is 11.8 Å². The molecular weight excluding hydrogens is 293 g/mol. The number of benzene rings is 1. The van der Waals surface area contributed by atoms with Crippen molar-refractivity contribution in [2.24, 2.45) is 0 Å². The van der Waals surface area contributed by atoms with Gasteiger partial charge in [-0.15, -0.1) is 11.8 Å². The van der Waals surface area contributed by atoms with Gasteiger partial charge >= 0.3 is 0 Å². The molecule has 0 saturated heterocycles. The molecule has 8 heteroatoms. The maximum absolute atomic E-state index is 13.1. The number of nitrogen functional groups attached to an aromatic ring is 1. The van der Waals surface area contributed by atoms with E-state index in [-0.39, 0.29) is 17.5 Å². The van der Waals surface area contributed by atoms with Gasteiger partial charge in [-0.1, -0.05) is 11.2 Å². The number of aromatic nitrogens is 4. The van der Waals surface area contributed by atoms with E-state index in [0.29, 0.717) is 17.3 Å². The van der Waals surface area contributed by atoms with Crippen LogP contribution in [0.15, 0.2) is 46.1 Å². The molecule has 0 radical (unpaired) electrons. The zero-order valence-electron chi connectivity index (χ0n) is 10.7. The van der Waals surface area contributed by atoms with E-state index in [2.05, 4.69) is 20.1 Å². The summed E-state index contributed by atoms with van der Waals surface area (Å²) in [4.78, 5) is 13.0. The summed E-state index contributed by atoms with van der Waals surface area (Å²) in [6, 6.07) is 6.31. The molecule has 0 aliphatic heterocycles. The third-order valence-corrected chi connectivity index (χ3v) is 3.55. The lowest BCUT2D eigenvalue weighted by Gasteiger charge is -1.98. The highest BCUT2D eigenvalue weighted by Crippen LogP contribution is 2.24. The van der Waals surface area contributed by atoms with Gasteiger partial charge in [0.15, 0.2) is 17.3 Å². The number of hydrogen-bond acceptors (Lipinski definition) is 7. The van der Waals surface area contributed by atoms with Crippen LogP contribution in [-0.4, -0.2) is 20.1 Å². The van der Waals surface area contributed by atoms with E-state index in [9.17, 15) is 4.39 Å². The fourth-order valence-corrected chi connectivity index (χ4v) is 2.41. The minimum Gasteiger partial charge on any atom is -0.382 e. The van der Waals surface area contributed by atoms with Crippen LogP contribution in [0, 0.1) is 5.82 Å². The second-order valence-corrected chi connectivity index (χ2v) is 5.10. The van der Waals surface area contributed by atoms with Crippen molar-refractivity contribution in [3.63, 3.8) is 0 Å². The van der Waals surface area contributed by atoms with Gasteiger partial charge in [0.05, 0.1) is 5.75 Å². The number of hydrogen-bond donors (Lipinski definition) is 1. The maximum atomic E-state index is 13.1. The molecule has 0 aliphatic carbocycles. The summed E-state index contributed by atoms with van der Waals surface area (Å²) in [5.41, 5.74) is 6.05. The van der Waals surface area contributed by atoms with Crippen LogP contribution in [0.4, 0.5) is 10.2 Å². The largest absolute Gasteiger partial charge is 0.382 e. The number of anilines is 1. The first kappa shape index (κ1) is 13.5. The lowest BCUT2D eigenvalue weighted by Crippen LogP contribution is -1.96. The predicted octanol–water partition coefficient (Wildman–Crippen LogP) is 2.54. The standard InChI is InChI=1S/C13H10FN5OS/c14-8-2-1-3-9(6-8)21-7-10-18-13(20-19-10)11-12(15)17-5-4-16-11/h1-6H,7H2,(H2,15,17). The normalized spacial score (nSPS) is 10.7. The zero-order chi connectivity index (χ0) is 14.7. The molecule has 0 unspecified atom stereocenters. The van der Waals surface area contributed by atoms with Gasteiger partial charge in [0.1, 0.15) is 5.82 Å². The molecule has 0 spiro atoms. The van der Waals surface area contributed by atoms with Crippen LogP contribution in [0.5, 0.6) is 0 Å². The average molecular weight is 303 g/mol. The molecule has 0 atom stereocenters. The van der Waals surface area contributed by atoms with Crippen LogP contribution in [0.25, 0.3) is 11.6 Å². The van der Waals surface area contributed by atoms with Gasteiger partial charge in [0.2, 0.25) is 0 Å². The van der Waals surface area contributed by atoms with E-state index < -0.39 is 0 Å². The van der Waals surface area contributed by atoms with Crippen LogP contribution < -0.4 is 5.73 Å². The molecule has 0 bridgehead atoms. The van der Waals surface area contributed by atoms with E-state index in [1.807, 2.05) is 6.07 Å². The first-order valence-electron chi connectivity index (χ1n) is 6.00. The summed E-state index contributed by atoms with van der Waals surface area (Å²) in [5, 5.41) is 3.85. The molecule has 21 heavy (non-hydrogen) atoms. The molecular formula is C13H10FN5OS. The van der Waals surface area contributed by atoms with Gasteiger partial charge < -0.3 is 10.3 Å². The summed E-state index contributed by atoms with van der Waals surface area (Å²) < 4.78 is 18.2. The van der Waals surface area contributed by atoms with Crippen molar-refractivity contribution in [2.75, 3.05) is 5.73 Å². The molecule has 0 amide bonds. The van der Waals surface area contributed by atoms with Crippen LogP contribution in [0.2, 0.25) is 0 Å². The third-order valence-electron chi connectivity index (χ3n) is 2.56. The Hall–Kier alpha value is -2.48. The Bertz CT molecular complexity index is 764. The fraction of sp³-hybridized carbons (Fsp3) is 0.0769. The SMILES string of the molecule is Nc1nccnc1-c1nc(CSc2cccc(F)c2)no1. The Labute approximate surface area is 123 Å². The van der Waals surface area contributed by atoms with E-state index in [4.69, 9.17) is 10.3 Å². The van der Waals surface area contributed by atoms with Gasteiger partial charge in [-0.2, -0.15) is 4.98 Å². The average Bonchev–Trinajstić information content (AvgIpc) is 2.94. The highest BCUT2D eigenvalue weighted by molar-refractivity contribution is 7.98. The minimum absolute atomic E-state index is 0.218. The molecule has 106 valence electrons. The predicted molar refractivity (Wildman–Crippen MR) is 75.7 cm³/mol. The summed E-state index contributed by atoms with van der Waals surface area (Å²) >= 11 is 1.41. The van der Waals surface area contributed by atoms with Gasteiger partial charge in [-0.05, 0) is 18.2 Å². The van der Waals surface area contributed by atoms with Crippen LogP contribution in [0.1, 0.15) is 5.82 Å². The van der Waals surface area contributed by atoms with Crippen LogP contribution in [-0.2, 0) is 5.75 Å². The lowest BCUT2D eigenvalue weighted by molar-refractivity contribution is 0.424. The highest BCUT2D eigenvalue weighted by Gasteiger charge is 2.13. The molecule has 3 aromatic rings. The molecule has 6 nitrogen and oxygen atoms in total. The summed E-state index contributed by atoms with van der Waals surface area (Å²) in [7, 11) is 0. The van der Waals surface area contributed by atoms with Gasteiger partial charge in [-0.25, -0.2) is 14.4 Å². The number of nitrogens with two attached hydrogens (primary N) is 1. The number of halogens is 1. The Morgan fingerprint density at radius 1 is 1.24 bits per heavy atom. The van der Waals surface area contributed by atoms with Crippen molar-refractivity contribution in [1.82, 2.24) is 20.1 Å². The molecule has 1 aromatic carbocycles. The molecule has 2 heterocycles. The van der Waals surface area contributed by atoms with Crippen molar-refractivity contribution in [2.45, 2.75) is 10.6 Å². The second kappa shape index (κ2) is 5.88. The van der Waals surface area contributed by atoms with Gasteiger partial charge in [0.25, 0.3) is 5.89 Å². The summed E-state index contributed by atoms with van der Waals surface area (Å²) in [6.07, 6.45) is 2.98. The third kappa shape index (κ3) is 3.16. The number of rotatable bonds is 4. The first-order valence-corrected chi connectivity index (χ1v) is 6.99. The molecule has 2 aromatic heterocycles. The van der Waals surface area contributed by atoms with Gasteiger partial charge in [0, 0.05) is 17.3 Å².